The average molecular weight is 495 g/mol. The highest BCUT2D eigenvalue weighted by molar-refractivity contribution is 7.22. The maximum atomic E-state index is 14.0. The number of halogens is 3. The van der Waals surface area contributed by atoms with Crippen molar-refractivity contribution in [2.45, 2.75) is 13.0 Å². The van der Waals surface area contributed by atoms with Gasteiger partial charge in [-0.25, -0.2) is 18.1 Å². The van der Waals surface area contributed by atoms with E-state index >= 15 is 0 Å². The van der Waals surface area contributed by atoms with Crippen molar-refractivity contribution in [2.24, 2.45) is 0 Å². The van der Waals surface area contributed by atoms with E-state index in [0.29, 0.717) is 26.7 Å². The Morgan fingerprint density at radius 2 is 1.82 bits per heavy atom. The van der Waals surface area contributed by atoms with Crippen molar-refractivity contribution >= 4 is 43.9 Å². The number of benzene rings is 2. The second-order valence-corrected chi connectivity index (χ2v) is 8.92. The number of aromatic nitrogens is 3. The van der Waals surface area contributed by atoms with Crippen LogP contribution in [0.25, 0.3) is 37.1 Å². The molecule has 10 heteroatoms. The van der Waals surface area contributed by atoms with Crippen molar-refractivity contribution in [1.82, 2.24) is 14.1 Å². The number of hydrogen-bond donors (Lipinski definition) is 0. The lowest BCUT2D eigenvalue weighted by atomic mass is 10.1. The number of hydrogen-bond acceptors (Lipinski definition) is 5. The molecule has 3 aromatic heterocycles. The third-order valence-electron chi connectivity index (χ3n) is 5.41. The van der Waals surface area contributed by atoms with Gasteiger partial charge in [-0.2, -0.15) is 5.26 Å². The highest BCUT2D eigenvalue weighted by atomic mass is 35.5. The first-order valence-corrected chi connectivity index (χ1v) is 11.2. The van der Waals surface area contributed by atoms with Gasteiger partial charge in [-0.05, 0) is 42.5 Å². The van der Waals surface area contributed by atoms with Gasteiger partial charge in [0.25, 0.3) is 5.56 Å². The number of rotatable bonds is 4. The van der Waals surface area contributed by atoms with Crippen LogP contribution in [-0.2, 0) is 6.54 Å². The van der Waals surface area contributed by atoms with Gasteiger partial charge in [-0.1, -0.05) is 11.6 Å². The Balaban J connectivity index is 1.86. The molecule has 34 heavy (non-hydrogen) atoms. The lowest BCUT2D eigenvalue weighted by Gasteiger charge is -2.12. The van der Waals surface area contributed by atoms with Crippen LogP contribution >= 0.6 is 22.9 Å². The van der Waals surface area contributed by atoms with E-state index in [9.17, 15) is 18.4 Å². The number of nitrogens with zero attached hydrogens (tertiary/aromatic N) is 4. The molecule has 0 amide bonds. The highest BCUT2D eigenvalue weighted by Crippen LogP contribution is 2.36. The maximum Gasteiger partial charge on any atom is 0.336 e. The van der Waals surface area contributed by atoms with E-state index in [-0.39, 0.29) is 28.4 Å². The Bertz CT molecular complexity index is 1770. The Morgan fingerprint density at radius 3 is 2.59 bits per heavy atom. The minimum atomic E-state index is -0.680. The number of pyridine rings is 1. The third kappa shape index (κ3) is 3.57. The topological polar surface area (TPSA) is 80.7 Å². The predicted molar refractivity (Wildman–Crippen MR) is 128 cm³/mol. The summed E-state index contributed by atoms with van der Waals surface area (Å²) in [6, 6.07) is 11.6. The van der Waals surface area contributed by atoms with E-state index in [4.69, 9.17) is 16.9 Å². The zero-order chi connectivity index (χ0) is 24.0. The largest absolute Gasteiger partial charge is 0.336 e. The fourth-order valence-electron chi connectivity index (χ4n) is 3.86. The monoisotopic (exact) mass is 494 g/mol. The van der Waals surface area contributed by atoms with Crippen LogP contribution in [-0.4, -0.2) is 14.1 Å². The van der Waals surface area contributed by atoms with Crippen molar-refractivity contribution in [3.8, 4) is 22.2 Å². The average Bonchev–Trinajstić information content (AvgIpc) is 3.24. The van der Waals surface area contributed by atoms with Gasteiger partial charge in [0.05, 0.1) is 34.9 Å². The maximum absolute atomic E-state index is 14.0. The minimum Gasteiger partial charge on any atom is -0.291 e. The fraction of sp³-hybridized carbons (Fsp3) is 0.0833. The molecule has 0 atom stereocenters. The Labute approximate surface area is 199 Å². The van der Waals surface area contributed by atoms with Crippen LogP contribution < -0.4 is 11.2 Å². The molecule has 168 valence electrons. The van der Waals surface area contributed by atoms with Crippen molar-refractivity contribution < 1.29 is 8.78 Å². The molecule has 0 N–H and O–H groups in total. The molecule has 5 aromatic rings. The van der Waals surface area contributed by atoms with Crippen LogP contribution in [0, 0.1) is 23.0 Å². The molecule has 0 radical (unpaired) electrons. The van der Waals surface area contributed by atoms with Crippen LogP contribution in [0.4, 0.5) is 8.78 Å². The lowest BCUT2D eigenvalue weighted by Crippen LogP contribution is -2.38. The molecule has 0 saturated heterocycles. The quantitative estimate of drug-likeness (QED) is 0.340. The van der Waals surface area contributed by atoms with Crippen molar-refractivity contribution in [1.29, 1.82) is 5.26 Å². The number of aryl methyl sites for hydroxylation is 1. The van der Waals surface area contributed by atoms with E-state index < -0.39 is 22.9 Å². The molecular weight excluding hydrogens is 482 g/mol. The molecular formula is C24H13ClF2N4O2S. The van der Waals surface area contributed by atoms with E-state index in [0.717, 1.165) is 15.9 Å². The van der Waals surface area contributed by atoms with E-state index in [1.807, 2.05) is 6.07 Å². The zero-order valence-corrected chi connectivity index (χ0v) is 18.8. The first kappa shape index (κ1) is 21.9. The molecule has 0 aliphatic rings. The van der Waals surface area contributed by atoms with Crippen LogP contribution in [0.5, 0.6) is 0 Å². The number of nitriles is 1. The van der Waals surface area contributed by atoms with Crippen molar-refractivity contribution in [2.75, 3.05) is 0 Å². The van der Waals surface area contributed by atoms with Gasteiger partial charge in [0.1, 0.15) is 16.3 Å². The molecule has 0 aliphatic heterocycles. The second-order valence-electron chi connectivity index (χ2n) is 7.46. The smallest absolute Gasteiger partial charge is 0.291 e. The molecule has 0 spiro atoms. The molecule has 6 nitrogen and oxygen atoms in total. The van der Waals surface area contributed by atoms with Gasteiger partial charge >= 0.3 is 5.69 Å². The van der Waals surface area contributed by atoms with E-state index in [1.54, 1.807) is 6.07 Å². The normalized spacial score (nSPS) is 11.2. The van der Waals surface area contributed by atoms with Gasteiger partial charge in [-0.15, -0.1) is 11.3 Å². The van der Waals surface area contributed by atoms with Crippen molar-refractivity contribution in [3.63, 3.8) is 0 Å². The fourth-order valence-corrected chi connectivity index (χ4v) is 5.31. The number of thiophene rings is 1. The molecule has 0 saturated carbocycles. The van der Waals surface area contributed by atoms with E-state index in [1.165, 1.54) is 53.4 Å². The van der Waals surface area contributed by atoms with E-state index in [2.05, 4.69) is 4.98 Å². The molecule has 0 aliphatic carbocycles. The SMILES string of the molecule is N#CCCn1c(=O)n(-c2cncc3ccc(F)cc23)c(=O)c2sc(-c3ccc(F)cc3Cl)cc21. The Kier molecular flexibility index (Phi) is 5.48. The summed E-state index contributed by atoms with van der Waals surface area (Å²) in [6.45, 7) is 0.0337. The van der Waals surface area contributed by atoms with Gasteiger partial charge in [-0.3, -0.25) is 14.3 Å². The predicted octanol–water partition coefficient (Wildman–Crippen LogP) is 5.27. The first-order chi connectivity index (χ1) is 16.4. The van der Waals surface area contributed by atoms with Crippen molar-refractivity contribution in [3.05, 3.63) is 92.4 Å². The second kappa shape index (κ2) is 8.48. The minimum absolute atomic E-state index is 0.0259. The molecule has 5 rings (SSSR count). The molecule has 2 aromatic carbocycles. The summed E-state index contributed by atoms with van der Waals surface area (Å²) < 4.78 is 30.1. The number of fused-ring (bicyclic) bond motifs is 2. The molecule has 0 bridgehead atoms. The first-order valence-electron chi connectivity index (χ1n) is 10.0. The van der Waals surface area contributed by atoms with Crippen LogP contribution in [0.1, 0.15) is 6.42 Å². The summed E-state index contributed by atoms with van der Waals surface area (Å²) in [6.07, 6.45) is 2.87. The molecule has 0 unspecified atom stereocenters. The zero-order valence-electron chi connectivity index (χ0n) is 17.3. The van der Waals surface area contributed by atoms with Gasteiger partial charge in [0.2, 0.25) is 0 Å². The van der Waals surface area contributed by atoms with Crippen LogP contribution in [0.3, 0.4) is 0 Å². The summed E-state index contributed by atoms with van der Waals surface area (Å²) in [5, 5.41) is 10.2. The summed E-state index contributed by atoms with van der Waals surface area (Å²) >= 11 is 7.31. The summed E-state index contributed by atoms with van der Waals surface area (Å²) in [5.74, 6) is -1.03. The summed E-state index contributed by atoms with van der Waals surface area (Å²) in [4.78, 5) is 31.8. The van der Waals surface area contributed by atoms with Gasteiger partial charge < -0.3 is 0 Å². The third-order valence-corrected chi connectivity index (χ3v) is 6.87. The summed E-state index contributed by atoms with van der Waals surface area (Å²) in [5.41, 5.74) is -0.318. The van der Waals surface area contributed by atoms with Gasteiger partial charge in [0.15, 0.2) is 0 Å². The van der Waals surface area contributed by atoms with Crippen LogP contribution in [0.15, 0.2) is 64.4 Å². The standard InChI is InChI=1S/C24H13ClF2N4O2S/c25-18-9-15(27)4-5-16(18)21-10-19-22(34-21)23(32)31(24(33)30(19)7-1-6-28)20-12-29-11-13-2-3-14(26)8-17(13)20/h2-5,8-12H,1,7H2. The summed E-state index contributed by atoms with van der Waals surface area (Å²) in [7, 11) is 0. The Morgan fingerprint density at radius 1 is 1.06 bits per heavy atom. The van der Waals surface area contributed by atoms with Crippen LogP contribution in [0.2, 0.25) is 5.02 Å². The highest BCUT2D eigenvalue weighted by Gasteiger charge is 2.20. The lowest BCUT2D eigenvalue weighted by molar-refractivity contribution is 0.628. The Hall–Kier alpha value is -3.87. The molecule has 0 fully saturated rings. The van der Waals surface area contributed by atoms with Gasteiger partial charge in [0, 0.05) is 34.0 Å². The molecule has 3 heterocycles.